The largest absolute Gasteiger partial charge is 0.497 e. The maximum absolute atomic E-state index is 12.3. The number of ether oxygens (including phenoxy) is 1. The number of carbonyl (C=O) groups is 1. The van der Waals surface area contributed by atoms with Gasteiger partial charge < -0.3 is 20.7 Å². The predicted molar refractivity (Wildman–Crippen MR) is 102 cm³/mol. The highest BCUT2D eigenvalue weighted by Crippen LogP contribution is 2.14. The summed E-state index contributed by atoms with van der Waals surface area (Å²) in [6.07, 6.45) is 1.96. The van der Waals surface area contributed by atoms with Gasteiger partial charge in [0.25, 0.3) is 0 Å². The molecule has 8 heteroatoms. The molecule has 146 valence electrons. The van der Waals surface area contributed by atoms with Crippen LogP contribution in [-0.2, 0) is 0 Å². The molecule has 1 heterocycles. The van der Waals surface area contributed by atoms with Gasteiger partial charge in [0.15, 0.2) is 0 Å². The second-order valence-corrected chi connectivity index (χ2v) is 6.38. The van der Waals surface area contributed by atoms with Crippen molar-refractivity contribution in [3.05, 3.63) is 59.1 Å². The van der Waals surface area contributed by atoms with Crippen LogP contribution in [0.15, 0.2) is 42.5 Å². The van der Waals surface area contributed by atoms with Crippen LogP contribution in [0.5, 0.6) is 5.75 Å². The van der Waals surface area contributed by atoms with Gasteiger partial charge in [0, 0.05) is 35.0 Å². The van der Waals surface area contributed by atoms with E-state index in [0.717, 1.165) is 49.8 Å². The van der Waals surface area contributed by atoms with E-state index in [1.807, 2.05) is 0 Å². The molecule has 3 rings (SSSR count). The summed E-state index contributed by atoms with van der Waals surface area (Å²) in [5.41, 5.74) is 0.751. The second kappa shape index (κ2) is 10.7. The molecule has 2 aromatic rings. The van der Waals surface area contributed by atoms with Gasteiger partial charge in [0.1, 0.15) is 17.4 Å². The number of urea groups is 1. The van der Waals surface area contributed by atoms with Gasteiger partial charge in [0.05, 0.1) is 7.11 Å². The highest BCUT2D eigenvalue weighted by molar-refractivity contribution is 6.30. The summed E-state index contributed by atoms with van der Waals surface area (Å²) in [7, 11) is 1.36. The summed E-state index contributed by atoms with van der Waals surface area (Å²) in [4.78, 5) is 11.7. The quantitative estimate of drug-likeness (QED) is 0.727. The first kappa shape index (κ1) is 20.9. The molecule has 0 bridgehead atoms. The van der Waals surface area contributed by atoms with Gasteiger partial charge in [0.2, 0.25) is 0 Å². The molecule has 0 unspecified atom stereocenters. The molecule has 1 saturated heterocycles. The van der Waals surface area contributed by atoms with Gasteiger partial charge >= 0.3 is 6.03 Å². The average molecular weight is 398 g/mol. The molecule has 2 amide bonds. The van der Waals surface area contributed by atoms with Gasteiger partial charge in [-0.05, 0) is 50.2 Å². The summed E-state index contributed by atoms with van der Waals surface area (Å²) in [6, 6.07) is 10.2. The van der Waals surface area contributed by atoms with Crippen molar-refractivity contribution < 1.29 is 18.3 Å². The van der Waals surface area contributed by atoms with Crippen molar-refractivity contribution in [3.63, 3.8) is 0 Å². The molecule has 0 aromatic heterocycles. The van der Waals surface area contributed by atoms with Gasteiger partial charge in [-0.25, -0.2) is 13.6 Å². The Kier molecular flexibility index (Phi) is 8.29. The molecule has 5 nitrogen and oxygen atoms in total. The van der Waals surface area contributed by atoms with Crippen LogP contribution in [0.3, 0.4) is 0 Å². The van der Waals surface area contributed by atoms with E-state index in [9.17, 15) is 13.6 Å². The number of hydrogen-bond donors (Lipinski definition) is 3. The first-order valence-corrected chi connectivity index (χ1v) is 8.88. The van der Waals surface area contributed by atoms with Crippen molar-refractivity contribution >= 4 is 23.3 Å². The Morgan fingerprint density at radius 2 is 1.70 bits per heavy atom. The number of hydrogen-bond acceptors (Lipinski definition) is 3. The lowest BCUT2D eigenvalue weighted by molar-refractivity contribution is 0.245. The molecule has 0 atom stereocenters. The fourth-order valence-electron chi connectivity index (χ4n) is 2.50. The fraction of sp³-hybridized carbons (Fsp3) is 0.316. The molecule has 2 aromatic carbocycles. The van der Waals surface area contributed by atoms with Gasteiger partial charge in [-0.2, -0.15) is 0 Å². The van der Waals surface area contributed by atoms with Crippen LogP contribution in [0.2, 0.25) is 5.02 Å². The van der Waals surface area contributed by atoms with E-state index < -0.39 is 11.6 Å². The van der Waals surface area contributed by atoms with Crippen LogP contribution >= 0.6 is 11.6 Å². The number of methoxy groups -OCH3 is 1. The second-order valence-electron chi connectivity index (χ2n) is 5.94. The number of amides is 2. The summed E-state index contributed by atoms with van der Waals surface area (Å²) in [5, 5.41) is 9.67. The van der Waals surface area contributed by atoms with Crippen molar-refractivity contribution in [1.29, 1.82) is 0 Å². The zero-order valence-corrected chi connectivity index (χ0v) is 15.7. The highest BCUT2D eigenvalue weighted by Gasteiger charge is 2.14. The third-order valence-corrected chi connectivity index (χ3v) is 4.10. The molecule has 3 N–H and O–H groups in total. The number of rotatable bonds is 3. The Morgan fingerprint density at radius 3 is 2.26 bits per heavy atom. The Balaban J connectivity index is 0.000000223. The fourth-order valence-corrected chi connectivity index (χ4v) is 2.62. The first-order chi connectivity index (χ1) is 13.0. The molecule has 1 aliphatic heterocycles. The number of benzene rings is 2. The smallest absolute Gasteiger partial charge is 0.319 e. The van der Waals surface area contributed by atoms with E-state index in [4.69, 9.17) is 11.6 Å². The number of anilines is 1. The van der Waals surface area contributed by atoms with Crippen LogP contribution in [-0.4, -0.2) is 32.3 Å². The lowest BCUT2D eigenvalue weighted by atomic mass is 10.1. The Hall–Kier alpha value is -2.38. The molecule has 0 radical (unpaired) electrons. The SMILES string of the molecule is COc1cc(F)cc(F)c1.O=C(Nc1ccc(Cl)cc1)NC1CCNCC1. The zero-order valence-electron chi connectivity index (χ0n) is 14.9. The Bertz CT molecular complexity index is 718. The third-order valence-electron chi connectivity index (χ3n) is 3.85. The highest BCUT2D eigenvalue weighted by atomic mass is 35.5. The summed E-state index contributed by atoms with van der Waals surface area (Å²) < 4.78 is 29.2. The van der Waals surface area contributed by atoms with Crippen LogP contribution in [0.1, 0.15) is 12.8 Å². The number of halogens is 3. The van der Waals surface area contributed by atoms with E-state index in [2.05, 4.69) is 20.7 Å². The van der Waals surface area contributed by atoms with Crippen molar-refractivity contribution in [1.82, 2.24) is 10.6 Å². The predicted octanol–water partition coefficient (Wildman–Crippen LogP) is 4.19. The summed E-state index contributed by atoms with van der Waals surface area (Å²) in [5.74, 6) is -1.06. The average Bonchev–Trinajstić information content (AvgIpc) is 2.64. The van der Waals surface area contributed by atoms with Crippen molar-refractivity contribution in [2.24, 2.45) is 0 Å². The third kappa shape index (κ3) is 7.80. The molecule has 1 fully saturated rings. The number of nitrogens with one attached hydrogen (secondary N) is 3. The van der Waals surface area contributed by atoms with Gasteiger partial charge in [-0.1, -0.05) is 11.6 Å². The topological polar surface area (TPSA) is 62.4 Å². The standard InChI is InChI=1S/C12H16ClN3O.C7H6F2O/c13-9-1-3-10(4-2-9)15-12(17)16-11-5-7-14-8-6-11;1-10-7-3-5(8)2-6(9)4-7/h1-4,11,14H,5-8H2,(H2,15,16,17);2-4H,1H3. The molecule has 1 aliphatic rings. The van der Waals surface area contributed by atoms with Crippen molar-refractivity contribution in [2.75, 3.05) is 25.5 Å². The molecular weight excluding hydrogens is 376 g/mol. The van der Waals surface area contributed by atoms with Gasteiger partial charge in [-0.15, -0.1) is 0 Å². The lowest BCUT2D eigenvalue weighted by Gasteiger charge is -2.23. The lowest BCUT2D eigenvalue weighted by Crippen LogP contribution is -2.44. The minimum absolute atomic E-state index is 0.153. The number of piperidine rings is 1. The molecule has 27 heavy (non-hydrogen) atoms. The van der Waals surface area contributed by atoms with E-state index in [1.165, 1.54) is 7.11 Å². The van der Waals surface area contributed by atoms with Crippen LogP contribution < -0.4 is 20.7 Å². The van der Waals surface area contributed by atoms with Crippen LogP contribution in [0, 0.1) is 11.6 Å². The molecule has 0 saturated carbocycles. The Morgan fingerprint density at radius 1 is 1.11 bits per heavy atom. The van der Waals surface area contributed by atoms with Crippen molar-refractivity contribution in [3.8, 4) is 5.75 Å². The minimum atomic E-state index is -0.628. The van der Waals surface area contributed by atoms with E-state index in [0.29, 0.717) is 5.02 Å². The normalized spacial score (nSPS) is 13.9. The monoisotopic (exact) mass is 397 g/mol. The van der Waals surface area contributed by atoms with Crippen LogP contribution in [0.25, 0.3) is 0 Å². The van der Waals surface area contributed by atoms with Crippen molar-refractivity contribution in [2.45, 2.75) is 18.9 Å². The van der Waals surface area contributed by atoms with Gasteiger partial charge in [-0.3, -0.25) is 0 Å². The number of carbonyl (C=O) groups excluding carboxylic acids is 1. The van der Waals surface area contributed by atoms with E-state index in [-0.39, 0.29) is 17.8 Å². The van der Waals surface area contributed by atoms with E-state index in [1.54, 1.807) is 24.3 Å². The summed E-state index contributed by atoms with van der Waals surface area (Å²) in [6.45, 7) is 1.93. The maximum Gasteiger partial charge on any atom is 0.319 e. The molecule has 0 spiro atoms. The minimum Gasteiger partial charge on any atom is -0.497 e. The zero-order chi connectivity index (χ0) is 19.6. The Labute approximate surface area is 162 Å². The molecular formula is C19H22ClF2N3O2. The van der Waals surface area contributed by atoms with E-state index >= 15 is 0 Å². The summed E-state index contributed by atoms with van der Waals surface area (Å²) >= 11 is 5.77. The van der Waals surface area contributed by atoms with Crippen LogP contribution in [0.4, 0.5) is 19.3 Å². The molecule has 0 aliphatic carbocycles. The maximum atomic E-state index is 12.3. The first-order valence-electron chi connectivity index (χ1n) is 8.50.